The van der Waals surface area contributed by atoms with Gasteiger partial charge in [-0.15, -0.1) is 0 Å². The topological polar surface area (TPSA) is 18.5 Å². The van der Waals surface area contributed by atoms with Crippen LogP contribution >= 0.6 is 0 Å². The van der Waals surface area contributed by atoms with Crippen LogP contribution < -0.4 is 0 Å². The van der Waals surface area contributed by atoms with Crippen molar-refractivity contribution in [1.29, 1.82) is 0 Å². The molecule has 1 heterocycles. The van der Waals surface area contributed by atoms with Gasteiger partial charge in [0.15, 0.2) is 0 Å². The summed E-state index contributed by atoms with van der Waals surface area (Å²) >= 11 is 0. The summed E-state index contributed by atoms with van der Waals surface area (Å²) in [6, 6.07) is 0. The summed E-state index contributed by atoms with van der Waals surface area (Å²) in [6.45, 7) is 6.39. The van der Waals surface area contributed by atoms with Gasteiger partial charge in [-0.05, 0) is 0 Å². The third-order valence-corrected chi connectivity index (χ3v) is 1.15. The Hall–Kier alpha value is -0.0800. The van der Waals surface area contributed by atoms with Gasteiger partial charge in [0.25, 0.3) is 0 Å². The van der Waals surface area contributed by atoms with Crippen LogP contribution in [0.1, 0.15) is 13.8 Å². The minimum absolute atomic E-state index is 0.234. The highest BCUT2D eigenvalue weighted by molar-refractivity contribution is 4.67. The lowest BCUT2D eigenvalue weighted by molar-refractivity contribution is -0.153. The van der Waals surface area contributed by atoms with Gasteiger partial charge in [-0.2, -0.15) is 0 Å². The Morgan fingerprint density at radius 1 is 1.12 bits per heavy atom. The van der Waals surface area contributed by atoms with Gasteiger partial charge in [-0.3, -0.25) is 0 Å². The van der Waals surface area contributed by atoms with Crippen LogP contribution in [0.4, 0.5) is 0 Å². The van der Waals surface area contributed by atoms with Crippen molar-refractivity contribution in [1.82, 2.24) is 0 Å². The highest BCUT2D eigenvalue weighted by Crippen LogP contribution is 2.18. The largest absolute Gasteiger partial charge is 0.355 e. The highest BCUT2D eigenvalue weighted by Gasteiger charge is 2.21. The van der Waals surface area contributed by atoms with Crippen LogP contribution in [0.25, 0.3) is 0 Å². The lowest BCUT2D eigenvalue weighted by Gasteiger charge is -2.28. The first kappa shape index (κ1) is 6.05. The molecule has 0 aromatic heterocycles. The van der Waals surface area contributed by atoms with Crippen LogP contribution in [-0.2, 0) is 9.47 Å². The Labute approximate surface area is 49.8 Å². The van der Waals surface area contributed by atoms with E-state index in [-0.39, 0.29) is 5.41 Å². The van der Waals surface area contributed by atoms with Gasteiger partial charge in [-0.25, -0.2) is 0 Å². The Morgan fingerprint density at radius 3 is 1.88 bits per heavy atom. The van der Waals surface area contributed by atoms with Crippen LogP contribution in [0, 0.1) is 5.41 Å². The molecule has 1 fully saturated rings. The van der Waals surface area contributed by atoms with Crippen molar-refractivity contribution in [3.8, 4) is 0 Å². The molecule has 0 aromatic rings. The van der Waals surface area contributed by atoms with Gasteiger partial charge in [0.1, 0.15) is 6.79 Å². The molecule has 48 valence electrons. The van der Waals surface area contributed by atoms with Crippen molar-refractivity contribution >= 4 is 0 Å². The summed E-state index contributed by atoms with van der Waals surface area (Å²) in [5.74, 6) is 0. The molecule has 0 radical (unpaired) electrons. The molecule has 0 N–H and O–H groups in total. The molecule has 1 aliphatic heterocycles. The van der Waals surface area contributed by atoms with Crippen molar-refractivity contribution in [3.63, 3.8) is 0 Å². The molecule has 0 spiro atoms. The Balaban J connectivity index is 2.33. The second kappa shape index (κ2) is 2.03. The molecule has 1 aliphatic rings. The summed E-state index contributed by atoms with van der Waals surface area (Å²) < 4.78 is 10.1. The molecule has 2 heteroatoms. The van der Waals surface area contributed by atoms with Crippen molar-refractivity contribution in [2.24, 2.45) is 5.41 Å². The maximum atomic E-state index is 5.06. The van der Waals surface area contributed by atoms with Crippen molar-refractivity contribution in [2.45, 2.75) is 13.8 Å². The molecule has 8 heavy (non-hydrogen) atoms. The van der Waals surface area contributed by atoms with Gasteiger partial charge in [-0.1, -0.05) is 13.8 Å². The smallest absolute Gasteiger partial charge is 0.146 e. The van der Waals surface area contributed by atoms with Crippen molar-refractivity contribution in [2.75, 3.05) is 20.0 Å². The summed E-state index contributed by atoms with van der Waals surface area (Å²) in [7, 11) is 0. The van der Waals surface area contributed by atoms with Crippen LogP contribution in [0.15, 0.2) is 0 Å². The van der Waals surface area contributed by atoms with Crippen molar-refractivity contribution in [3.05, 3.63) is 0 Å². The van der Waals surface area contributed by atoms with E-state index in [9.17, 15) is 0 Å². The van der Waals surface area contributed by atoms with Crippen LogP contribution in [0.5, 0.6) is 0 Å². The molecule has 0 saturated carbocycles. The quantitative estimate of drug-likeness (QED) is 0.470. The average Bonchev–Trinajstić information content (AvgIpc) is 1.65. The maximum Gasteiger partial charge on any atom is 0.146 e. The molecule has 0 unspecified atom stereocenters. The SMILES string of the molecule is CC1(C)COCOC1. The fourth-order valence-electron chi connectivity index (χ4n) is 0.737. The first-order valence-electron chi connectivity index (χ1n) is 2.86. The summed E-state index contributed by atoms with van der Waals surface area (Å²) in [5.41, 5.74) is 0.234. The van der Waals surface area contributed by atoms with E-state index >= 15 is 0 Å². The molecule has 2 nitrogen and oxygen atoms in total. The van der Waals surface area contributed by atoms with Crippen LogP contribution in [-0.4, -0.2) is 20.0 Å². The van der Waals surface area contributed by atoms with E-state index in [0.717, 1.165) is 13.2 Å². The van der Waals surface area contributed by atoms with Gasteiger partial charge in [0.05, 0.1) is 13.2 Å². The van der Waals surface area contributed by atoms with E-state index in [1.54, 1.807) is 0 Å². The normalized spacial score (nSPS) is 27.8. The van der Waals surface area contributed by atoms with E-state index in [4.69, 9.17) is 9.47 Å². The maximum absolute atomic E-state index is 5.06. The molecule has 0 atom stereocenters. The lowest BCUT2D eigenvalue weighted by Crippen LogP contribution is -2.31. The molecular formula is C6H12O2. The van der Waals surface area contributed by atoms with Gasteiger partial charge >= 0.3 is 0 Å². The van der Waals surface area contributed by atoms with Crippen LogP contribution in [0.2, 0.25) is 0 Å². The first-order chi connectivity index (χ1) is 3.71. The molecule has 1 saturated heterocycles. The predicted octanol–water partition coefficient (Wildman–Crippen LogP) is 1.02. The molecule has 0 aromatic carbocycles. The van der Waals surface area contributed by atoms with E-state index in [1.807, 2.05) is 0 Å². The molecular weight excluding hydrogens is 104 g/mol. The zero-order valence-electron chi connectivity index (χ0n) is 5.44. The van der Waals surface area contributed by atoms with Crippen LogP contribution in [0.3, 0.4) is 0 Å². The summed E-state index contributed by atoms with van der Waals surface area (Å²) in [5, 5.41) is 0. The minimum atomic E-state index is 0.234. The third-order valence-electron chi connectivity index (χ3n) is 1.15. The number of hydrogen-bond donors (Lipinski definition) is 0. The van der Waals surface area contributed by atoms with E-state index in [0.29, 0.717) is 6.79 Å². The minimum Gasteiger partial charge on any atom is -0.355 e. The fraction of sp³-hybridized carbons (Fsp3) is 1.00. The second-order valence-electron chi connectivity index (χ2n) is 2.98. The number of hydrogen-bond acceptors (Lipinski definition) is 2. The summed E-state index contributed by atoms with van der Waals surface area (Å²) in [4.78, 5) is 0. The highest BCUT2D eigenvalue weighted by atomic mass is 16.7. The molecule has 0 aliphatic carbocycles. The van der Waals surface area contributed by atoms with E-state index in [1.165, 1.54) is 0 Å². The first-order valence-corrected chi connectivity index (χ1v) is 2.86. The van der Waals surface area contributed by atoms with Gasteiger partial charge in [0, 0.05) is 5.41 Å². The Bertz CT molecular complexity index is 70.6. The Morgan fingerprint density at radius 2 is 1.62 bits per heavy atom. The number of ether oxygens (including phenoxy) is 2. The fourth-order valence-corrected chi connectivity index (χ4v) is 0.737. The number of rotatable bonds is 0. The monoisotopic (exact) mass is 116 g/mol. The van der Waals surface area contributed by atoms with Crippen molar-refractivity contribution < 1.29 is 9.47 Å². The molecule has 0 bridgehead atoms. The van der Waals surface area contributed by atoms with E-state index in [2.05, 4.69) is 13.8 Å². The standard InChI is InChI=1S/C6H12O2/c1-6(2)3-7-5-8-4-6/h3-5H2,1-2H3. The summed E-state index contributed by atoms with van der Waals surface area (Å²) in [6.07, 6.45) is 0. The molecule has 1 rings (SSSR count). The van der Waals surface area contributed by atoms with Gasteiger partial charge in [0.2, 0.25) is 0 Å². The lowest BCUT2D eigenvalue weighted by atomic mass is 9.96. The van der Waals surface area contributed by atoms with Gasteiger partial charge < -0.3 is 9.47 Å². The predicted molar refractivity (Wildman–Crippen MR) is 30.6 cm³/mol. The zero-order valence-corrected chi connectivity index (χ0v) is 5.44. The average molecular weight is 116 g/mol. The zero-order chi connectivity index (χ0) is 6.04. The third kappa shape index (κ3) is 1.46. The molecule has 0 amide bonds. The Kier molecular flexibility index (Phi) is 1.54. The second-order valence-corrected chi connectivity index (χ2v) is 2.98. The van der Waals surface area contributed by atoms with E-state index < -0.39 is 0 Å².